The number of carbonyl (C=O) groups is 5. The van der Waals surface area contributed by atoms with Crippen LogP contribution in [0.5, 0.6) is 0 Å². The molecule has 16 nitrogen and oxygen atoms in total. The first-order valence-electron chi connectivity index (χ1n) is 20.6. The zero-order valence-corrected chi connectivity index (χ0v) is 36.2. The number of fused-ring (bicyclic) bond motifs is 1. The number of hydrogen-bond donors (Lipinski definition) is 2. The van der Waals surface area contributed by atoms with Gasteiger partial charge >= 0.3 is 18.2 Å². The Labute approximate surface area is 351 Å². The molecular formula is C44H60N4O12. The third kappa shape index (κ3) is 10.2. The van der Waals surface area contributed by atoms with Gasteiger partial charge in [0, 0.05) is 41.8 Å². The van der Waals surface area contributed by atoms with Crippen molar-refractivity contribution in [3.8, 4) is 11.4 Å². The van der Waals surface area contributed by atoms with Crippen molar-refractivity contribution < 1.29 is 57.5 Å². The van der Waals surface area contributed by atoms with Gasteiger partial charge in [-0.25, -0.2) is 19.6 Å². The van der Waals surface area contributed by atoms with E-state index in [4.69, 9.17) is 28.4 Å². The molecule has 16 heteroatoms. The molecule has 0 radical (unpaired) electrons. The van der Waals surface area contributed by atoms with Crippen LogP contribution in [0, 0.1) is 23.7 Å². The molecule has 0 bridgehead atoms. The van der Waals surface area contributed by atoms with Crippen molar-refractivity contribution >= 4 is 35.9 Å². The number of cyclic esters (lactones) is 1. The van der Waals surface area contributed by atoms with Gasteiger partial charge in [-0.2, -0.15) is 0 Å². The van der Waals surface area contributed by atoms with Crippen molar-refractivity contribution in [3.05, 3.63) is 54.4 Å². The van der Waals surface area contributed by atoms with E-state index in [1.54, 1.807) is 58.3 Å². The molecule has 3 aliphatic rings. The topological polar surface area (TPSA) is 202 Å². The Balaban J connectivity index is 1.48. The Bertz CT molecular complexity index is 1880. The van der Waals surface area contributed by atoms with E-state index in [9.17, 15) is 29.1 Å². The van der Waals surface area contributed by atoms with Crippen molar-refractivity contribution in [3.63, 3.8) is 0 Å². The number of aliphatic hydroxyl groups excluding tert-OH is 1. The smallest absolute Gasteiger partial charge is 0.458 e. The van der Waals surface area contributed by atoms with Crippen LogP contribution >= 0.6 is 0 Å². The summed E-state index contributed by atoms with van der Waals surface area (Å²) >= 11 is 0. The Morgan fingerprint density at radius 1 is 1.00 bits per heavy atom. The minimum absolute atomic E-state index is 0.190. The Kier molecular flexibility index (Phi) is 14.9. The van der Waals surface area contributed by atoms with E-state index in [0.717, 1.165) is 11.1 Å². The first-order chi connectivity index (χ1) is 28.3. The normalized spacial score (nSPS) is 35.6. The molecule has 5 rings (SSSR count). The zero-order valence-electron chi connectivity index (χ0n) is 36.2. The van der Waals surface area contributed by atoms with Crippen molar-refractivity contribution in [2.24, 2.45) is 23.7 Å². The largest absolute Gasteiger partial charge is 0.509 e. The molecule has 1 aromatic heterocycles. The molecule has 13 atom stereocenters. The SMILES string of the molecule is CC[C@H]1OC(=O)[C@H](C)C(=O)[C@H](C)[C@@H](O[C@@H]2O[C@H](C)C[C@H](N(C)C)[C@H]2O)[C@](C)(OC(=O)OC/C=C/c2ccc(-c3ncccn3)cc2)C[C@@H](C)C(=O)[C@H](C)[C@H]2NC(=O)O[C@@]21C. The van der Waals surface area contributed by atoms with Gasteiger partial charge in [0.15, 0.2) is 23.5 Å². The highest BCUT2D eigenvalue weighted by atomic mass is 16.8. The van der Waals surface area contributed by atoms with Gasteiger partial charge in [-0.3, -0.25) is 14.4 Å². The zero-order chi connectivity index (χ0) is 44.1. The summed E-state index contributed by atoms with van der Waals surface area (Å²) in [6.45, 7) is 12.7. The lowest BCUT2D eigenvalue weighted by Gasteiger charge is -2.46. The van der Waals surface area contributed by atoms with Crippen LogP contribution in [0.15, 0.2) is 48.8 Å². The molecule has 4 heterocycles. The van der Waals surface area contributed by atoms with Crippen LogP contribution in [0.4, 0.5) is 9.59 Å². The number of nitrogens with one attached hydrogen (secondary N) is 1. The summed E-state index contributed by atoms with van der Waals surface area (Å²) in [4.78, 5) is 79.5. The van der Waals surface area contributed by atoms with Crippen molar-refractivity contribution in [2.75, 3.05) is 20.7 Å². The molecule has 2 aromatic rings. The summed E-state index contributed by atoms with van der Waals surface area (Å²) in [5.41, 5.74) is -1.61. The predicted octanol–water partition coefficient (Wildman–Crippen LogP) is 5.16. The molecule has 0 spiro atoms. The Hall–Kier alpha value is -4.77. The highest BCUT2D eigenvalue weighted by Gasteiger charge is 2.57. The molecule has 0 aliphatic carbocycles. The van der Waals surface area contributed by atoms with Gasteiger partial charge in [0.05, 0.1) is 12.1 Å². The lowest BCUT2D eigenvalue weighted by Crippen LogP contribution is -2.60. The average molecular weight is 837 g/mol. The summed E-state index contributed by atoms with van der Waals surface area (Å²) in [6.07, 6.45) is 0.0576. The molecule has 0 saturated carbocycles. The van der Waals surface area contributed by atoms with E-state index in [1.807, 2.05) is 50.2 Å². The average Bonchev–Trinajstić information content (AvgIpc) is 3.53. The first-order valence-corrected chi connectivity index (χ1v) is 20.6. The predicted molar refractivity (Wildman–Crippen MR) is 218 cm³/mol. The summed E-state index contributed by atoms with van der Waals surface area (Å²) in [7, 11) is 3.63. The Morgan fingerprint density at radius 2 is 1.67 bits per heavy atom. The molecule has 60 heavy (non-hydrogen) atoms. The number of hydrogen-bond acceptors (Lipinski definition) is 15. The molecule has 3 saturated heterocycles. The third-order valence-electron chi connectivity index (χ3n) is 12.1. The van der Waals surface area contributed by atoms with Crippen LogP contribution in [0.3, 0.4) is 0 Å². The van der Waals surface area contributed by atoms with Crippen LogP contribution in [0.2, 0.25) is 0 Å². The fraction of sp³-hybridized carbons (Fsp3) is 0.614. The number of aromatic nitrogens is 2. The van der Waals surface area contributed by atoms with Crippen LogP contribution < -0.4 is 5.32 Å². The van der Waals surface area contributed by atoms with E-state index >= 15 is 0 Å². The molecule has 1 amide bonds. The standard InChI is InChI=1S/C44H60N4O12/c1-11-32-44(8)36(47-41(53)59-44)26(4)33(49)24(2)23-43(7,60-42(54)55-21-12-14-29-15-17-30(18-16-29)38-45-19-13-20-46-38)37(27(5)34(50)28(6)39(52)57-32)58-40-35(51)31(48(9)10)22-25(3)56-40/h12-20,24-28,31-32,35-37,40,51H,11,21-23H2,1-10H3,(H,47,53)/b14-12+/t24-,25-,26+,27+,28-,31+,32-,35-,36-,37-,40+,43-,44-/m1/s1. The maximum Gasteiger partial charge on any atom is 0.509 e. The van der Waals surface area contributed by atoms with Crippen LogP contribution in [0.25, 0.3) is 17.5 Å². The second-order valence-electron chi connectivity index (χ2n) is 16.9. The van der Waals surface area contributed by atoms with Gasteiger partial charge in [0.25, 0.3) is 0 Å². The van der Waals surface area contributed by atoms with E-state index in [2.05, 4.69) is 15.3 Å². The number of aliphatic hydroxyl groups is 1. The molecule has 1 aromatic carbocycles. The van der Waals surface area contributed by atoms with Gasteiger partial charge in [0.1, 0.15) is 42.2 Å². The molecule has 3 aliphatic heterocycles. The number of ketones is 2. The summed E-state index contributed by atoms with van der Waals surface area (Å²) in [5.74, 6) is -5.53. The van der Waals surface area contributed by atoms with Crippen LogP contribution in [-0.2, 0) is 42.8 Å². The van der Waals surface area contributed by atoms with Crippen LogP contribution in [-0.4, -0.2) is 124 Å². The number of Topliss-reactive ketones (excluding diaryl/α,β-unsaturated/α-hetero) is 2. The second-order valence-corrected chi connectivity index (χ2v) is 16.9. The lowest BCUT2D eigenvalue weighted by molar-refractivity contribution is -0.293. The van der Waals surface area contributed by atoms with Gasteiger partial charge in [-0.1, -0.05) is 58.0 Å². The van der Waals surface area contributed by atoms with Gasteiger partial charge in [-0.05, 0) is 78.8 Å². The number of esters is 1. The monoisotopic (exact) mass is 836 g/mol. The maximum absolute atomic E-state index is 14.4. The summed E-state index contributed by atoms with van der Waals surface area (Å²) in [6, 6.07) is 7.90. The van der Waals surface area contributed by atoms with E-state index < -0.39 is 95.6 Å². The van der Waals surface area contributed by atoms with Crippen molar-refractivity contribution in [2.45, 2.75) is 129 Å². The van der Waals surface area contributed by atoms with E-state index in [-0.39, 0.29) is 31.3 Å². The molecule has 2 N–H and O–H groups in total. The number of ether oxygens (including phenoxy) is 6. The maximum atomic E-state index is 14.4. The number of alkyl carbamates (subject to hydrolysis) is 1. The van der Waals surface area contributed by atoms with E-state index in [1.165, 1.54) is 20.8 Å². The van der Waals surface area contributed by atoms with Crippen molar-refractivity contribution in [1.29, 1.82) is 0 Å². The molecular weight excluding hydrogens is 776 g/mol. The third-order valence-corrected chi connectivity index (χ3v) is 12.1. The van der Waals surface area contributed by atoms with Gasteiger partial charge in [0.2, 0.25) is 0 Å². The molecule has 3 fully saturated rings. The quantitative estimate of drug-likeness (QED) is 0.191. The minimum Gasteiger partial charge on any atom is -0.458 e. The number of carbonyl (C=O) groups excluding carboxylic acids is 5. The van der Waals surface area contributed by atoms with E-state index in [0.29, 0.717) is 12.2 Å². The molecule has 0 unspecified atom stereocenters. The van der Waals surface area contributed by atoms with Gasteiger partial charge < -0.3 is 43.7 Å². The number of rotatable bonds is 9. The number of nitrogens with zero attached hydrogens (tertiary/aromatic N) is 3. The van der Waals surface area contributed by atoms with Crippen molar-refractivity contribution in [1.82, 2.24) is 20.2 Å². The second kappa shape index (κ2) is 19.3. The number of likely N-dealkylation sites (N-methyl/N-ethyl adjacent to an activating group) is 1. The highest BCUT2D eigenvalue weighted by molar-refractivity contribution is 6.00. The summed E-state index contributed by atoms with van der Waals surface area (Å²) < 4.78 is 36.0. The first kappa shape index (κ1) is 46.3. The van der Waals surface area contributed by atoms with Gasteiger partial charge in [-0.15, -0.1) is 0 Å². The van der Waals surface area contributed by atoms with Crippen LogP contribution in [0.1, 0.15) is 80.2 Å². The fourth-order valence-electron chi connectivity index (χ4n) is 8.80. The Morgan fingerprint density at radius 3 is 2.30 bits per heavy atom. The number of amides is 1. The summed E-state index contributed by atoms with van der Waals surface area (Å²) in [5, 5.41) is 14.3. The molecule has 328 valence electrons. The fourth-order valence-corrected chi connectivity index (χ4v) is 8.80. The minimum atomic E-state index is -1.81. The number of benzene rings is 1. The lowest BCUT2D eigenvalue weighted by atomic mass is 9.73. The highest BCUT2D eigenvalue weighted by Crippen LogP contribution is 2.40.